The van der Waals surface area contributed by atoms with Crippen LogP contribution in [-0.2, 0) is 11.0 Å². The maximum Gasteiger partial charge on any atom is 0.416 e. The molecule has 3 aromatic carbocycles. The number of nitrogens with zero attached hydrogens (tertiary/aromatic N) is 1. The zero-order chi connectivity index (χ0) is 25.0. The summed E-state index contributed by atoms with van der Waals surface area (Å²) in [5, 5.41) is 9.87. The predicted octanol–water partition coefficient (Wildman–Crippen LogP) is 8.10. The average Bonchev–Trinajstić information content (AvgIpc) is 2.76. The Morgan fingerprint density at radius 3 is 2.29 bits per heavy atom. The summed E-state index contributed by atoms with van der Waals surface area (Å²) < 4.78 is 49.7. The number of benzene rings is 3. The van der Waals surface area contributed by atoms with E-state index in [1.807, 2.05) is 6.07 Å². The molecule has 0 spiro atoms. The maximum atomic E-state index is 12.9. The first-order chi connectivity index (χ1) is 16.0. The fourth-order valence-electron chi connectivity index (χ4n) is 3.02. The van der Waals surface area contributed by atoms with Crippen LogP contribution in [0, 0.1) is 11.3 Å². The third-order valence-corrected chi connectivity index (χ3v) is 5.55. The molecular formula is C24H15Cl3F3NO3. The Kier molecular flexibility index (Phi) is 7.98. The van der Waals surface area contributed by atoms with Crippen molar-refractivity contribution in [2.45, 2.75) is 25.1 Å². The Morgan fingerprint density at radius 2 is 1.68 bits per heavy atom. The van der Waals surface area contributed by atoms with Crippen LogP contribution in [-0.4, -0.2) is 11.9 Å². The molecule has 3 aromatic rings. The highest BCUT2D eigenvalue weighted by Crippen LogP contribution is 2.37. The Morgan fingerprint density at radius 1 is 0.971 bits per heavy atom. The van der Waals surface area contributed by atoms with Crippen LogP contribution in [0.3, 0.4) is 0 Å². The fourth-order valence-corrected chi connectivity index (χ4v) is 3.75. The maximum absolute atomic E-state index is 12.9. The van der Waals surface area contributed by atoms with Crippen LogP contribution in [0.1, 0.15) is 24.0 Å². The van der Waals surface area contributed by atoms with E-state index >= 15 is 0 Å². The minimum atomic E-state index is -4.53. The van der Waals surface area contributed by atoms with E-state index in [9.17, 15) is 23.2 Å². The summed E-state index contributed by atoms with van der Waals surface area (Å²) in [6.07, 6.45) is -5.56. The molecule has 176 valence electrons. The monoisotopic (exact) mass is 527 g/mol. The van der Waals surface area contributed by atoms with Gasteiger partial charge in [-0.1, -0.05) is 46.9 Å². The van der Waals surface area contributed by atoms with Gasteiger partial charge in [0.2, 0.25) is 0 Å². The van der Waals surface area contributed by atoms with Crippen LogP contribution in [0.25, 0.3) is 0 Å². The molecule has 0 saturated carbocycles. The number of carbonyl (C=O) groups excluding carboxylic acids is 1. The van der Waals surface area contributed by atoms with Crippen LogP contribution in [0.15, 0.2) is 60.7 Å². The molecule has 3 rings (SSSR count). The number of ketones is 1. The smallest absolute Gasteiger partial charge is 0.416 e. The first-order valence-corrected chi connectivity index (χ1v) is 10.8. The molecule has 0 N–H and O–H groups in total. The fraction of sp³-hybridized carbons (Fsp3) is 0.167. The van der Waals surface area contributed by atoms with Gasteiger partial charge in [-0.25, -0.2) is 0 Å². The van der Waals surface area contributed by atoms with Gasteiger partial charge in [-0.15, -0.1) is 0 Å². The Labute approximate surface area is 208 Å². The van der Waals surface area contributed by atoms with Crippen LogP contribution >= 0.6 is 34.8 Å². The molecule has 0 aromatic heterocycles. The van der Waals surface area contributed by atoms with Crippen molar-refractivity contribution in [3.8, 4) is 23.3 Å². The molecular weight excluding hydrogens is 514 g/mol. The SMILES string of the molecule is CC(Oc1cccc(Oc2ccc(C(F)(F)F)cc2Cl)c1)C(=O)C(C#N)c1ccc(Cl)cc1Cl. The van der Waals surface area contributed by atoms with Crippen molar-refractivity contribution in [1.29, 1.82) is 5.26 Å². The van der Waals surface area contributed by atoms with E-state index in [1.165, 1.54) is 31.2 Å². The molecule has 2 atom stereocenters. The Hall–Kier alpha value is -2.92. The highest BCUT2D eigenvalue weighted by Gasteiger charge is 2.31. The molecule has 0 amide bonds. The summed E-state index contributed by atoms with van der Waals surface area (Å²) in [5.41, 5.74) is -0.592. The topological polar surface area (TPSA) is 59.3 Å². The second-order valence-corrected chi connectivity index (χ2v) is 8.36. The first-order valence-electron chi connectivity index (χ1n) is 9.69. The summed E-state index contributed by atoms with van der Waals surface area (Å²) in [6.45, 7) is 1.48. The third kappa shape index (κ3) is 6.15. The van der Waals surface area contributed by atoms with Crippen LogP contribution in [0.5, 0.6) is 17.2 Å². The van der Waals surface area contributed by atoms with Crippen molar-refractivity contribution in [3.63, 3.8) is 0 Å². The van der Waals surface area contributed by atoms with Gasteiger partial charge in [0, 0.05) is 16.1 Å². The quantitative estimate of drug-likeness (QED) is 0.311. The van der Waals surface area contributed by atoms with Gasteiger partial charge in [-0.2, -0.15) is 18.4 Å². The second kappa shape index (κ2) is 10.6. The van der Waals surface area contributed by atoms with Gasteiger partial charge in [0.15, 0.2) is 11.9 Å². The lowest BCUT2D eigenvalue weighted by molar-refractivity contribution is -0.137. The van der Waals surface area contributed by atoms with E-state index in [4.69, 9.17) is 44.3 Å². The van der Waals surface area contributed by atoms with E-state index in [0.717, 1.165) is 18.2 Å². The van der Waals surface area contributed by atoms with Gasteiger partial charge in [0.05, 0.1) is 16.7 Å². The van der Waals surface area contributed by atoms with Crippen molar-refractivity contribution in [2.75, 3.05) is 0 Å². The standard InChI is InChI=1S/C24H15Cl3F3NO3/c1-13(23(32)19(12-31)18-7-6-15(25)10-20(18)26)33-16-3-2-4-17(11-16)34-22-8-5-14(9-21(22)27)24(28,29)30/h2-11,13,19H,1H3. The average molecular weight is 529 g/mol. The predicted molar refractivity (Wildman–Crippen MR) is 123 cm³/mol. The van der Waals surface area contributed by atoms with Crippen LogP contribution in [0.2, 0.25) is 15.1 Å². The van der Waals surface area contributed by atoms with Gasteiger partial charge < -0.3 is 9.47 Å². The molecule has 0 aliphatic rings. The van der Waals surface area contributed by atoms with E-state index in [0.29, 0.717) is 10.6 Å². The molecule has 10 heteroatoms. The highest BCUT2D eigenvalue weighted by atomic mass is 35.5. The molecule has 0 aliphatic heterocycles. The van der Waals surface area contributed by atoms with E-state index in [2.05, 4.69) is 0 Å². The molecule has 0 saturated heterocycles. The molecule has 0 radical (unpaired) electrons. The first kappa shape index (κ1) is 25.7. The molecule has 34 heavy (non-hydrogen) atoms. The molecule has 2 unspecified atom stereocenters. The number of hydrogen-bond donors (Lipinski definition) is 0. The van der Waals surface area contributed by atoms with Gasteiger partial charge in [0.1, 0.15) is 23.2 Å². The summed E-state index contributed by atoms with van der Waals surface area (Å²) in [7, 11) is 0. The van der Waals surface area contributed by atoms with E-state index < -0.39 is 29.5 Å². The number of ether oxygens (including phenoxy) is 2. The van der Waals surface area contributed by atoms with Gasteiger partial charge in [-0.3, -0.25) is 4.79 Å². The number of rotatable bonds is 7. The van der Waals surface area contributed by atoms with Crippen LogP contribution in [0.4, 0.5) is 13.2 Å². The normalized spacial score (nSPS) is 13.0. The van der Waals surface area contributed by atoms with Gasteiger partial charge in [0.25, 0.3) is 0 Å². The largest absolute Gasteiger partial charge is 0.483 e. The Balaban J connectivity index is 1.74. The lowest BCUT2D eigenvalue weighted by Gasteiger charge is -2.18. The molecule has 0 aliphatic carbocycles. The van der Waals surface area contributed by atoms with Crippen molar-refractivity contribution < 1.29 is 27.4 Å². The summed E-state index contributed by atoms with van der Waals surface area (Å²) in [6, 6.07) is 15.2. The number of Topliss-reactive ketones (excluding diaryl/α,β-unsaturated/α-hetero) is 1. The summed E-state index contributed by atoms with van der Waals surface area (Å²) >= 11 is 17.9. The zero-order valence-corrected chi connectivity index (χ0v) is 19.6. The number of alkyl halides is 3. The number of carbonyl (C=O) groups is 1. The number of halogens is 6. The molecule has 0 fully saturated rings. The van der Waals surface area contributed by atoms with E-state index in [-0.39, 0.29) is 27.3 Å². The van der Waals surface area contributed by atoms with Gasteiger partial charge in [-0.05, 0) is 55.0 Å². The minimum absolute atomic E-state index is 0.0119. The molecule has 4 nitrogen and oxygen atoms in total. The zero-order valence-electron chi connectivity index (χ0n) is 17.4. The van der Waals surface area contributed by atoms with Crippen molar-refractivity contribution in [3.05, 3.63) is 86.9 Å². The minimum Gasteiger partial charge on any atom is -0.483 e. The second-order valence-electron chi connectivity index (χ2n) is 7.11. The highest BCUT2D eigenvalue weighted by molar-refractivity contribution is 6.35. The lowest BCUT2D eigenvalue weighted by atomic mass is 9.93. The number of hydrogen-bond acceptors (Lipinski definition) is 4. The number of nitriles is 1. The van der Waals surface area contributed by atoms with Crippen molar-refractivity contribution >= 4 is 40.6 Å². The van der Waals surface area contributed by atoms with Gasteiger partial charge >= 0.3 is 6.18 Å². The molecule has 0 bridgehead atoms. The van der Waals surface area contributed by atoms with E-state index in [1.54, 1.807) is 18.2 Å². The summed E-state index contributed by atoms with van der Waals surface area (Å²) in [4.78, 5) is 12.9. The molecule has 0 heterocycles. The van der Waals surface area contributed by atoms with Crippen molar-refractivity contribution in [1.82, 2.24) is 0 Å². The van der Waals surface area contributed by atoms with Crippen molar-refractivity contribution in [2.24, 2.45) is 0 Å². The Bertz CT molecular complexity index is 1260. The summed E-state index contributed by atoms with van der Waals surface area (Å²) in [5.74, 6) is -1.23. The lowest BCUT2D eigenvalue weighted by Crippen LogP contribution is -2.29. The van der Waals surface area contributed by atoms with Crippen LogP contribution < -0.4 is 9.47 Å². The third-order valence-electron chi connectivity index (χ3n) is 4.69.